The van der Waals surface area contributed by atoms with Gasteiger partial charge in [-0.1, -0.05) is 15.9 Å². The minimum Gasteiger partial charge on any atom is -0.342 e. The number of halogens is 1. The summed E-state index contributed by atoms with van der Waals surface area (Å²) in [7, 11) is 1.94. The van der Waals surface area contributed by atoms with Gasteiger partial charge >= 0.3 is 0 Å². The summed E-state index contributed by atoms with van der Waals surface area (Å²) in [5, 5.41) is 3.13. The molecule has 0 aliphatic rings. The summed E-state index contributed by atoms with van der Waals surface area (Å²) >= 11 is 3.53. The lowest BCUT2D eigenvalue weighted by Crippen LogP contribution is -2.05. The van der Waals surface area contributed by atoms with E-state index in [-0.39, 0.29) is 0 Å². The van der Waals surface area contributed by atoms with Crippen LogP contribution < -0.4 is 5.32 Å². The Balaban J connectivity index is 2.58. The van der Waals surface area contributed by atoms with E-state index in [4.69, 9.17) is 0 Å². The van der Waals surface area contributed by atoms with E-state index in [0.717, 1.165) is 27.9 Å². The molecular weight excluding hydrogens is 242 g/mol. The Labute approximate surface area is 91.1 Å². The van der Waals surface area contributed by atoms with Crippen LogP contribution in [0.25, 0.3) is 11.0 Å². The van der Waals surface area contributed by atoms with Gasteiger partial charge in [0.1, 0.15) is 5.82 Å². The van der Waals surface area contributed by atoms with Gasteiger partial charge in [0.25, 0.3) is 0 Å². The Morgan fingerprint density at radius 1 is 1.50 bits per heavy atom. The highest BCUT2D eigenvalue weighted by molar-refractivity contribution is 9.10. The zero-order chi connectivity index (χ0) is 10.1. The van der Waals surface area contributed by atoms with Crippen LogP contribution in [0.2, 0.25) is 0 Å². The zero-order valence-electron chi connectivity index (χ0n) is 8.19. The minimum absolute atomic E-state index is 0.856. The predicted octanol–water partition coefficient (Wildman–Crippen LogP) is 2.35. The van der Waals surface area contributed by atoms with Crippen LogP contribution in [0.15, 0.2) is 16.6 Å². The van der Waals surface area contributed by atoms with Crippen molar-refractivity contribution in [1.29, 1.82) is 0 Å². The second-order valence-corrected chi connectivity index (χ2v) is 4.17. The molecule has 1 heterocycles. The summed E-state index contributed by atoms with van der Waals surface area (Å²) in [5.41, 5.74) is 3.34. The third-order valence-corrected chi connectivity index (χ3v) is 2.87. The summed E-state index contributed by atoms with van der Waals surface area (Å²) in [6, 6.07) is 4.17. The van der Waals surface area contributed by atoms with Crippen molar-refractivity contribution in [2.24, 2.45) is 0 Å². The maximum atomic E-state index is 4.37. The van der Waals surface area contributed by atoms with E-state index in [9.17, 15) is 0 Å². The Hall–Kier alpha value is -0.870. The van der Waals surface area contributed by atoms with E-state index < -0.39 is 0 Å². The molecule has 0 atom stereocenters. The zero-order valence-corrected chi connectivity index (χ0v) is 9.77. The number of imidazole rings is 1. The predicted molar refractivity (Wildman–Crippen MR) is 61.3 cm³/mol. The number of rotatable bonds is 2. The van der Waals surface area contributed by atoms with Gasteiger partial charge in [-0.2, -0.15) is 0 Å². The highest BCUT2D eigenvalue weighted by Gasteiger charge is 2.04. The molecule has 4 heteroatoms. The van der Waals surface area contributed by atoms with E-state index in [1.54, 1.807) is 0 Å². The highest BCUT2D eigenvalue weighted by Crippen LogP contribution is 2.22. The van der Waals surface area contributed by atoms with Gasteiger partial charge < -0.3 is 10.3 Å². The molecule has 0 saturated carbocycles. The molecule has 74 valence electrons. The number of hydrogen-bond acceptors (Lipinski definition) is 2. The number of benzene rings is 1. The van der Waals surface area contributed by atoms with Gasteiger partial charge in [-0.15, -0.1) is 0 Å². The number of nitrogens with zero attached hydrogens (tertiary/aromatic N) is 1. The van der Waals surface area contributed by atoms with Gasteiger partial charge in [0, 0.05) is 11.0 Å². The summed E-state index contributed by atoms with van der Waals surface area (Å²) in [5.74, 6) is 0.952. The normalized spacial score (nSPS) is 11.1. The van der Waals surface area contributed by atoms with Gasteiger partial charge in [0.2, 0.25) is 0 Å². The molecule has 0 saturated heterocycles. The molecule has 0 spiro atoms. The van der Waals surface area contributed by atoms with Crippen LogP contribution in [0.4, 0.5) is 0 Å². The Morgan fingerprint density at radius 2 is 2.29 bits per heavy atom. The van der Waals surface area contributed by atoms with Gasteiger partial charge in [-0.05, 0) is 31.7 Å². The molecule has 1 aromatic carbocycles. The van der Waals surface area contributed by atoms with E-state index >= 15 is 0 Å². The van der Waals surface area contributed by atoms with E-state index in [0.29, 0.717) is 0 Å². The minimum atomic E-state index is 0.856. The second kappa shape index (κ2) is 3.71. The lowest BCUT2D eigenvalue weighted by Gasteiger charge is -2.02. The third-order valence-electron chi connectivity index (χ3n) is 2.14. The van der Waals surface area contributed by atoms with E-state index in [1.807, 2.05) is 20.0 Å². The molecule has 0 amide bonds. The second-order valence-electron chi connectivity index (χ2n) is 3.31. The van der Waals surface area contributed by atoms with Crippen molar-refractivity contribution < 1.29 is 0 Å². The molecule has 14 heavy (non-hydrogen) atoms. The quantitative estimate of drug-likeness (QED) is 0.863. The molecule has 2 N–H and O–H groups in total. The summed E-state index contributed by atoms with van der Waals surface area (Å²) in [6.45, 7) is 2.82. The number of fused-ring (bicyclic) bond motifs is 1. The fourth-order valence-electron chi connectivity index (χ4n) is 1.53. The maximum Gasteiger partial charge on any atom is 0.104 e. The largest absolute Gasteiger partial charge is 0.342 e. The number of aromatic amines is 1. The number of nitrogens with one attached hydrogen (secondary N) is 2. The van der Waals surface area contributed by atoms with Crippen LogP contribution in [0.1, 0.15) is 11.4 Å². The van der Waals surface area contributed by atoms with Crippen LogP contribution in [-0.4, -0.2) is 17.0 Å². The first-order chi connectivity index (χ1) is 6.70. The molecule has 2 rings (SSSR count). The van der Waals surface area contributed by atoms with Gasteiger partial charge in [0.05, 0.1) is 11.0 Å². The Bertz CT molecular complexity index is 462. The van der Waals surface area contributed by atoms with Crippen LogP contribution in [0.3, 0.4) is 0 Å². The van der Waals surface area contributed by atoms with Crippen molar-refractivity contribution in [3.05, 3.63) is 28.0 Å². The summed E-state index contributed by atoms with van der Waals surface area (Å²) in [4.78, 5) is 7.59. The monoisotopic (exact) mass is 253 g/mol. The SMILES string of the molecule is CNCc1cc2[nH]c(C)nc2cc1Br. The highest BCUT2D eigenvalue weighted by atomic mass is 79.9. The lowest BCUT2D eigenvalue weighted by atomic mass is 10.2. The fourth-order valence-corrected chi connectivity index (χ4v) is 2.00. The fraction of sp³-hybridized carbons (Fsp3) is 0.300. The molecule has 0 aliphatic heterocycles. The third kappa shape index (κ3) is 1.67. The van der Waals surface area contributed by atoms with Gasteiger partial charge in [-0.3, -0.25) is 0 Å². The van der Waals surface area contributed by atoms with Crippen molar-refractivity contribution in [3.63, 3.8) is 0 Å². The van der Waals surface area contributed by atoms with Crippen LogP contribution in [-0.2, 0) is 6.54 Å². The first-order valence-electron chi connectivity index (χ1n) is 4.50. The Kier molecular flexibility index (Phi) is 2.56. The molecule has 0 unspecified atom stereocenters. The van der Waals surface area contributed by atoms with Crippen LogP contribution >= 0.6 is 15.9 Å². The van der Waals surface area contributed by atoms with Crippen molar-refractivity contribution in [3.8, 4) is 0 Å². The van der Waals surface area contributed by atoms with Crippen LogP contribution in [0, 0.1) is 6.92 Å². The first-order valence-corrected chi connectivity index (χ1v) is 5.29. The standard InChI is InChI=1S/C10H12BrN3/c1-6-13-9-3-7(5-12-2)8(11)4-10(9)14-6/h3-4,12H,5H2,1-2H3,(H,13,14). The molecule has 1 aromatic heterocycles. The molecule has 0 fully saturated rings. The lowest BCUT2D eigenvalue weighted by molar-refractivity contribution is 0.815. The molecule has 2 aromatic rings. The van der Waals surface area contributed by atoms with E-state index in [1.165, 1.54) is 5.56 Å². The number of H-pyrrole nitrogens is 1. The number of aryl methyl sites for hydroxylation is 1. The van der Waals surface area contributed by atoms with Crippen molar-refractivity contribution in [2.45, 2.75) is 13.5 Å². The number of aromatic nitrogens is 2. The molecular formula is C10H12BrN3. The summed E-state index contributed by atoms with van der Waals surface area (Å²) < 4.78 is 1.10. The molecule has 0 bridgehead atoms. The van der Waals surface area contributed by atoms with E-state index in [2.05, 4.69) is 37.3 Å². The topological polar surface area (TPSA) is 40.7 Å². The van der Waals surface area contributed by atoms with Gasteiger partial charge in [-0.25, -0.2) is 4.98 Å². The van der Waals surface area contributed by atoms with Crippen LogP contribution in [0.5, 0.6) is 0 Å². The summed E-state index contributed by atoms with van der Waals surface area (Å²) in [6.07, 6.45) is 0. The average molecular weight is 254 g/mol. The maximum absolute atomic E-state index is 4.37. The average Bonchev–Trinajstić information content (AvgIpc) is 2.45. The number of hydrogen-bond donors (Lipinski definition) is 2. The van der Waals surface area contributed by atoms with Crippen molar-refractivity contribution in [1.82, 2.24) is 15.3 Å². The molecule has 0 aliphatic carbocycles. The first kappa shape index (κ1) is 9.68. The van der Waals surface area contributed by atoms with Crippen molar-refractivity contribution >= 4 is 27.0 Å². The molecule has 3 nitrogen and oxygen atoms in total. The van der Waals surface area contributed by atoms with Crippen molar-refractivity contribution in [2.75, 3.05) is 7.05 Å². The Morgan fingerprint density at radius 3 is 3.00 bits per heavy atom. The van der Waals surface area contributed by atoms with Gasteiger partial charge in [0.15, 0.2) is 0 Å². The smallest absolute Gasteiger partial charge is 0.104 e. The molecule has 0 radical (unpaired) electrons.